The molecule has 0 rings (SSSR count). The number of carbonyl (C=O) groups excluding carboxylic acids is 2. The third-order valence-corrected chi connectivity index (χ3v) is 1.82. The Labute approximate surface area is 105 Å². The van der Waals surface area contributed by atoms with E-state index >= 15 is 0 Å². The van der Waals surface area contributed by atoms with Gasteiger partial charge >= 0.3 is 12.1 Å². The number of alkyl carbamates (subject to hydrolysis) is 1. The molecule has 18 heavy (non-hydrogen) atoms. The van der Waals surface area contributed by atoms with E-state index in [0.29, 0.717) is 6.42 Å². The summed E-state index contributed by atoms with van der Waals surface area (Å²) in [5, 5.41) is 11.2. The number of carboxylic acid groups (broad SMARTS) is 1. The normalized spacial score (nSPS) is 12.2. The maximum absolute atomic E-state index is 11.2. The molecule has 0 aliphatic carbocycles. The standard InChI is InChI=1S/C11H18N2O5/c1-11(2,3)18-10(17)12-6-4-5-8(9(15)16)13-7-14/h8H,4-6H2,1-3H3,(H,12,17)(H,15,16). The molecule has 102 valence electrons. The van der Waals surface area contributed by atoms with Crippen LogP contribution in [0.25, 0.3) is 0 Å². The average molecular weight is 258 g/mol. The van der Waals surface area contributed by atoms with Gasteiger partial charge in [0.1, 0.15) is 5.60 Å². The van der Waals surface area contributed by atoms with Crippen molar-refractivity contribution in [3.8, 4) is 0 Å². The van der Waals surface area contributed by atoms with E-state index in [-0.39, 0.29) is 13.0 Å². The molecular weight excluding hydrogens is 240 g/mol. The van der Waals surface area contributed by atoms with Gasteiger partial charge in [-0.2, -0.15) is 4.99 Å². The monoisotopic (exact) mass is 258 g/mol. The molecule has 0 saturated carbocycles. The van der Waals surface area contributed by atoms with Crippen LogP contribution in [0.3, 0.4) is 0 Å². The lowest BCUT2D eigenvalue weighted by molar-refractivity contribution is -0.138. The predicted molar refractivity (Wildman–Crippen MR) is 63.0 cm³/mol. The summed E-state index contributed by atoms with van der Waals surface area (Å²) in [7, 11) is 0. The third kappa shape index (κ3) is 8.29. The molecule has 0 aromatic heterocycles. The van der Waals surface area contributed by atoms with Crippen molar-refractivity contribution in [1.29, 1.82) is 0 Å². The number of nitrogens with zero attached hydrogens (tertiary/aromatic N) is 1. The molecule has 0 radical (unpaired) electrons. The summed E-state index contributed by atoms with van der Waals surface area (Å²) in [6.45, 7) is 5.48. The molecule has 0 aromatic carbocycles. The molecule has 0 aliphatic heterocycles. The number of aliphatic imine (C=N–C) groups is 1. The first-order valence-electron chi connectivity index (χ1n) is 5.53. The number of rotatable bonds is 6. The Morgan fingerprint density at radius 1 is 1.44 bits per heavy atom. The van der Waals surface area contributed by atoms with Gasteiger partial charge in [0.2, 0.25) is 6.08 Å². The summed E-state index contributed by atoms with van der Waals surface area (Å²) in [6.07, 6.45) is 1.18. The number of carbonyl (C=O) groups is 2. The highest BCUT2D eigenvalue weighted by molar-refractivity contribution is 5.74. The van der Waals surface area contributed by atoms with Crippen LogP contribution in [0.5, 0.6) is 0 Å². The van der Waals surface area contributed by atoms with E-state index < -0.39 is 23.7 Å². The molecule has 2 N–H and O–H groups in total. The molecule has 0 bridgehead atoms. The molecule has 0 heterocycles. The summed E-state index contributed by atoms with van der Waals surface area (Å²) >= 11 is 0. The number of nitrogens with one attached hydrogen (secondary N) is 1. The Morgan fingerprint density at radius 3 is 2.50 bits per heavy atom. The van der Waals surface area contributed by atoms with Crippen LogP contribution in [-0.4, -0.2) is 41.4 Å². The lowest BCUT2D eigenvalue weighted by atomic mass is 10.1. The summed E-state index contributed by atoms with van der Waals surface area (Å²) in [5.41, 5.74) is -0.574. The molecule has 0 spiro atoms. The van der Waals surface area contributed by atoms with E-state index in [4.69, 9.17) is 9.84 Å². The van der Waals surface area contributed by atoms with Gasteiger partial charge in [0.05, 0.1) is 0 Å². The van der Waals surface area contributed by atoms with Crippen molar-refractivity contribution in [2.24, 2.45) is 4.99 Å². The van der Waals surface area contributed by atoms with Crippen molar-refractivity contribution >= 4 is 18.1 Å². The molecule has 1 atom stereocenters. The largest absolute Gasteiger partial charge is 0.480 e. The fraction of sp³-hybridized carbons (Fsp3) is 0.727. The summed E-state index contributed by atoms with van der Waals surface area (Å²) < 4.78 is 4.99. The maximum atomic E-state index is 11.2. The number of carboxylic acids is 1. The van der Waals surface area contributed by atoms with Gasteiger partial charge in [-0.25, -0.2) is 14.4 Å². The molecule has 0 aromatic rings. The van der Waals surface area contributed by atoms with Gasteiger partial charge in [-0.3, -0.25) is 0 Å². The van der Waals surface area contributed by atoms with Gasteiger partial charge in [0.25, 0.3) is 0 Å². The third-order valence-electron chi connectivity index (χ3n) is 1.82. The smallest absolute Gasteiger partial charge is 0.407 e. The Bertz CT molecular complexity index is 340. The summed E-state index contributed by atoms with van der Waals surface area (Å²) in [4.78, 5) is 35.0. The van der Waals surface area contributed by atoms with Crippen molar-refractivity contribution in [3.63, 3.8) is 0 Å². The first kappa shape index (κ1) is 16.1. The van der Waals surface area contributed by atoms with Crippen LogP contribution in [-0.2, 0) is 14.3 Å². The fourth-order valence-corrected chi connectivity index (χ4v) is 1.11. The Balaban J connectivity index is 3.88. The first-order chi connectivity index (χ1) is 8.26. The topological polar surface area (TPSA) is 105 Å². The van der Waals surface area contributed by atoms with Crippen LogP contribution in [0.1, 0.15) is 33.6 Å². The lowest BCUT2D eigenvalue weighted by Crippen LogP contribution is -2.33. The molecule has 1 unspecified atom stereocenters. The van der Waals surface area contributed by atoms with E-state index in [1.165, 1.54) is 6.08 Å². The zero-order valence-electron chi connectivity index (χ0n) is 10.7. The van der Waals surface area contributed by atoms with Crippen molar-refractivity contribution in [3.05, 3.63) is 0 Å². The van der Waals surface area contributed by atoms with Crippen LogP contribution in [0, 0.1) is 0 Å². The molecule has 7 heteroatoms. The van der Waals surface area contributed by atoms with Crippen molar-refractivity contribution < 1.29 is 24.2 Å². The Hall–Kier alpha value is -1.88. The van der Waals surface area contributed by atoms with Crippen molar-refractivity contribution in [2.45, 2.75) is 45.3 Å². The molecule has 7 nitrogen and oxygen atoms in total. The van der Waals surface area contributed by atoms with E-state index in [1.807, 2.05) is 0 Å². The van der Waals surface area contributed by atoms with Gasteiger partial charge in [0, 0.05) is 6.54 Å². The van der Waals surface area contributed by atoms with Gasteiger partial charge in [0.15, 0.2) is 6.04 Å². The van der Waals surface area contributed by atoms with Crippen LogP contribution >= 0.6 is 0 Å². The van der Waals surface area contributed by atoms with Crippen LogP contribution in [0.2, 0.25) is 0 Å². The van der Waals surface area contributed by atoms with Gasteiger partial charge in [-0.05, 0) is 33.6 Å². The van der Waals surface area contributed by atoms with E-state index in [9.17, 15) is 14.4 Å². The lowest BCUT2D eigenvalue weighted by Gasteiger charge is -2.19. The second-order valence-corrected chi connectivity index (χ2v) is 4.65. The zero-order chi connectivity index (χ0) is 14.2. The average Bonchev–Trinajstić information content (AvgIpc) is 2.19. The molecule has 0 aliphatic rings. The quantitative estimate of drug-likeness (QED) is 0.421. The van der Waals surface area contributed by atoms with Gasteiger partial charge < -0.3 is 15.2 Å². The molecule has 0 saturated heterocycles. The SMILES string of the molecule is CC(C)(C)OC(=O)NCCCC(N=C=O)C(=O)O. The number of isocyanates is 1. The summed E-state index contributed by atoms with van der Waals surface area (Å²) in [5.74, 6) is -1.18. The highest BCUT2D eigenvalue weighted by Gasteiger charge is 2.17. The molecular formula is C11H18N2O5. The maximum Gasteiger partial charge on any atom is 0.407 e. The van der Waals surface area contributed by atoms with Gasteiger partial charge in [-0.1, -0.05) is 0 Å². The van der Waals surface area contributed by atoms with Crippen LogP contribution in [0.15, 0.2) is 4.99 Å². The minimum Gasteiger partial charge on any atom is -0.480 e. The highest BCUT2D eigenvalue weighted by atomic mass is 16.6. The fourth-order valence-electron chi connectivity index (χ4n) is 1.11. The number of aliphatic carboxylic acids is 1. The second-order valence-electron chi connectivity index (χ2n) is 4.65. The Morgan fingerprint density at radius 2 is 2.06 bits per heavy atom. The van der Waals surface area contributed by atoms with Crippen LogP contribution in [0.4, 0.5) is 4.79 Å². The highest BCUT2D eigenvalue weighted by Crippen LogP contribution is 2.06. The molecule has 1 amide bonds. The van der Waals surface area contributed by atoms with E-state index in [2.05, 4.69) is 10.3 Å². The van der Waals surface area contributed by atoms with Crippen molar-refractivity contribution in [2.75, 3.05) is 6.54 Å². The minimum absolute atomic E-state index is 0.153. The Kier molecular flexibility index (Phi) is 6.67. The number of hydrogen-bond acceptors (Lipinski definition) is 5. The predicted octanol–water partition coefficient (Wildman–Crippen LogP) is 1.08. The van der Waals surface area contributed by atoms with E-state index in [0.717, 1.165) is 0 Å². The van der Waals surface area contributed by atoms with Crippen molar-refractivity contribution in [1.82, 2.24) is 5.32 Å². The number of hydrogen-bond donors (Lipinski definition) is 2. The van der Waals surface area contributed by atoms with E-state index in [1.54, 1.807) is 20.8 Å². The van der Waals surface area contributed by atoms with Gasteiger partial charge in [-0.15, -0.1) is 0 Å². The number of amides is 1. The zero-order valence-corrected chi connectivity index (χ0v) is 10.7. The second kappa shape index (κ2) is 7.45. The molecule has 0 fully saturated rings. The summed E-state index contributed by atoms with van der Waals surface area (Å²) in [6, 6.07) is -1.11. The first-order valence-corrected chi connectivity index (χ1v) is 5.53. The minimum atomic E-state index is -1.18. The van der Waals surface area contributed by atoms with Crippen LogP contribution < -0.4 is 5.32 Å². The number of ether oxygens (including phenoxy) is 1.